The Morgan fingerprint density at radius 1 is 0.962 bits per heavy atom. The van der Waals surface area contributed by atoms with Gasteiger partial charge in [0.05, 0.1) is 0 Å². The molecule has 6 heteroatoms. The van der Waals surface area contributed by atoms with E-state index in [4.69, 9.17) is 23.8 Å². The van der Waals surface area contributed by atoms with Crippen LogP contribution in [-0.2, 0) is 0 Å². The molecule has 3 aromatic rings. The number of carbonyl (C=O) groups excluding carboxylic acids is 1. The third kappa shape index (κ3) is 3.95. The lowest BCUT2D eigenvalue weighted by atomic mass is 10.0. The van der Waals surface area contributed by atoms with Gasteiger partial charge in [-0.1, -0.05) is 35.9 Å². The molecule has 0 aliphatic heterocycles. The maximum absolute atomic E-state index is 12.6. The first kappa shape index (κ1) is 18.2. The maximum Gasteiger partial charge on any atom is 0.258 e. The van der Waals surface area contributed by atoms with E-state index in [2.05, 4.69) is 10.6 Å². The number of nitrogens with one attached hydrogen (secondary N) is 2. The van der Waals surface area contributed by atoms with Crippen LogP contribution in [0.5, 0.6) is 0 Å². The maximum atomic E-state index is 12.6. The van der Waals surface area contributed by atoms with Crippen molar-refractivity contribution in [1.29, 1.82) is 0 Å². The summed E-state index contributed by atoms with van der Waals surface area (Å²) in [6.07, 6.45) is 0. The van der Waals surface area contributed by atoms with Gasteiger partial charge in [0.1, 0.15) is 0 Å². The highest BCUT2D eigenvalue weighted by molar-refractivity contribution is 7.80. The largest absolute Gasteiger partial charge is 0.378 e. The highest BCUT2D eigenvalue weighted by Gasteiger charge is 2.12. The summed E-state index contributed by atoms with van der Waals surface area (Å²) in [7, 11) is 3.95. The van der Waals surface area contributed by atoms with Crippen molar-refractivity contribution in [2.75, 3.05) is 24.3 Å². The molecule has 0 bridgehead atoms. The molecule has 0 aliphatic carbocycles. The van der Waals surface area contributed by atoms with Crippen LogP contribution >= 0.6 is 23.8 Å². The second kappa shape index (κ2) is 7.72. The fraction of sp³-hybridized carbons (Fsp3) is 0.100. The lowest BCUT2D eigenvalue weighted by molar-refractivity contribution is 0.0979. The van der Waals surface area contributed by atoms with Gasteiger partial charge < -0.3 is 10.2 Å². The number of thiocarbonyl (C=S) groups is 1. The summed E-state index contributed by atoms with van der Waals surface area (Å²) in [6, 6.07) is 18.7. The topological polar surface area (TPSA) is 44.4 Å². The summed E-state index contributed by atoms with van der Waals surface area (Å²) in [5.41, 5.74) is 2.41. The van der Waals surface area contributed by atoms with Crippen LogP contribution in [0.25, 0.3) is 10.8 Å². The normalized spacial score (nSPS) is 10.4. The van der Waals surface area contributed by atoms with Crippen molar-refractivity contribution in [2.24, 2.45) is 0 Å². The second-order valence-electron chi connectivity index (χ2n) is 5.99. The van der Waals surface area contributed by atoms with Gasteiger partial charge in [-0.05, 0) is 54.0 Å². The number of carbonyl (C=O) groups is 1. The quantitative estimate of drug-likeness (QED) is 0.644. The highest BCUT2D eigenvalue weighted by Crippen LogP contribution is 2.26. The molecule has 2 N–H and O–H groups in total. The summed E-state index contributed by atoms with van der Waals surface area (Å²) in [5.74, 6) is -0.278. The van der Waals surface area contributed by atoms with Gasteiger partial charge in [-0.3, -0.25) is 10.1 Å². The van der Waals surface area contributed by atoms with Crippen molar-refractivity contribution in [2.45, 2.75) is 0 Å². The molecule has 0 atom stereocenters. The van der Waals surface area contributed by atoms with Crippen LogP contribution in [0.3, 0.4) is 0 Å². The lowest BCUT2D eigenvalue weighted by Crippen LogP contribution is -2.34. The van der Waals surface area contributed by atoms with Crippen molar-refractivity contribution in [1.82, 2.24) is 5.32 Å². The molecule has 3 rings (SSSR count). The predicted octanol–water partition coefficient (Wildman–Crippen LogP) is 4.69. The molecule has 0 fully saturated rings. The van der Waals surface area contributed by atoms with Gasteiger partial charge in [-0.2, -0.15) is 0 Å². The van der Waals surface area contributed by atoms with E-state index in [1.165, 1.54) is 0 Å². The van der Waals surface area contributed by atoms with Crippen LogP contribution in [-0.4, -0.2) is 25.1 Å². The van der Waals surface area contributed by atoms with Gasteiger partial charge in [0.2, 0.25) is 0 Å². The fourth-order valence-corrected chi connectivity index (χ4v) is 3.09. The van der Waals surface area contributed by atoms with Crippen LogP contribution in [0.4, 0.5) is 11.4 Å². The van der Waals surface area contributed by atoms with Crippen molar-refractivity contribution in [3.63, 3.8) is 0 Å². The Labute approximate surface area is 162 Å². The van der Waals surface area contributed by atoms with Gasteiger partial charge >= 0.3 is 0 Å². The molecule has 0 saturated heterocycles. The Kier molecular flexibility index (Phi) is 5.40. The van der Waals surface area contributed by atoms with Crippen molar-refractivity contribution >= 4 is 57.0 Å². The summed E-state index contributed by atoms with van der Waals surface area (Å²) < 4.78 is 0. The summed E-state index contributed by atoms with van der Waals surface area (Å²) in [6.45, 7) is 0. The number of fused-ring (bicyclic) bond motifs is 1. The van der Waals surface area contributed by atoms with E-state index in [0.29, 0.717) is 10.6 Å². The Hall–Kier alpha value is -2.63. The Bertz CT molecular complexity index is 970. The predicted molar refractivity (Wildman–Crippen MR) is 113 cm³/mol. The first-order valence-electron chi connectivity index (χ1n) is 8.02. The van der Waals surface area contributed by atoms with Gasteiger partial charge in [-0.15, -0.1) is 0 Å². The minimum atomic E-state index is -0.278. The third-order valence-electron chi connectivity index (χ3n) is 3.98. The van der Waals surface area contributed by atoms with Gasteiger partial charge in [0.15, 0.2) is 5.11 Å². The van der Waals surface area contributed by atoms with E-state index in [1.54, 1.807) is 18.2 Å². The lowest BCUT2D eigenvalue weighted by Gasteiger charge is -2.14. The van der Waals surface area contributed by atoms with E-state index in [1.807, 2.05) is 61.5 Å². The first-order chi connectivity index (χ1) is 12.5. The van der Waals surface area contributed by atoms with E-state index in [9.17, 15) is 4.79 Å². The molecule has 0 aliphatic rings. The number of hydrogen-bond acceptors (Lipinski definition) is 3. The molecule has 0 heterocycles. The van der Waals surface area contributed by atoms with Crippen molar-refractivity contribution in [3.8, 4) is 0 Å². The van der Waals surface area contributed by atoms with E-state index in [0.717, 1.165) is 22.1 Å². The molecule has 0 radical (unpaired) electrons. The van der Waals surface area contributed by atoms with E-state index >= 15 is 0 Å². The van der Waals surface area contributed by atoms with Crippen molar-refractivity contribution < 1.29 is 4.79 Å². The first-order valence-corrected chi connectivity index (χ1v) is 8.81. The Morgan fingerprint density at radius 2 is 1.62 bits per heavy atom. The summed E-state index contributed by atoms with van der Waals surface area (Å²) >= 11 is 11.5. The number of hydrogen-bond donors (Lipinski definition) is 2. The smallest absolute Gasteiger partial charge is 0.258 e. The summed E-state index contributed by atoms with van der Waals surface area (Å²) in [4.78, 5) is 14.6. The minimum Gasteiger partial charge on any atom is -0.378 e. The van der Waals surface area contributed by atoms with Crippen LogP contribution in [0.2, 0.25) is 5.02 Å². The summed E-state index contributed by atoms with van der Waals surface area (Å²) in [5, 5.41) is 8.22. The Morgan fingerprint density at radius 3 is 2.31 bits per heavy atom. The number of halogens is 1. The molecule has 4 nitrogen and oxygen atoms in total. The minimum absolute atomic E-state index is 0.242. The molecular formula is C20H18ClN3OS. The number of rotatable bonds is 3. The molecule has 3 aromatic carbocycles. The molecule has 132 valence electrons. The number of nitrogens with zero attached hydrogens (tertiary/aromatic N) is 1. The molecule has 0 aromatic heterocycles. The third-order valence-corrected chi connectivity index (χ3v) is 4.52. The van der Waals surface area contributed by atoms with E-state index < -0.39 is 0 Å². The monoisotopic (exact) mass is 383 g/mol. The molecule has 1 amide bonds. The highest BCUT2D eigenvalue weighted by atomic mass is 35.5. The van der Waals surface area contributed by atoms with Crippen molar-refractivity contribution in [3.05, 3.63) is 71.2 Å². The zero-order valence-electron chi connectivity index (χ0n) is 14.4. The van der Waals surface area contributed by atoms with E-state index in [-0.39, 0.29) is 11.0 Å². The number of benzene rings is 3. The van der Waals surface area contributed by atoms with Crippen LogP contribution in [0, 0.1) is 0 Å². The molecule has 26 heavy (non-hydrogen) atoms. The molecule has 0 saturated carbocycles. The average Bonchev–Trinajstić information content (AvgIpc) is 2.62. The fourth-order valence-electron chi connectivity index (χ4n) is 2.65. The average molecular weight is 384 g/mol. The Balaban J connectivity index is 1.74. The van der Waals surface area contributed by atoms with Gasteiger partial charge in [0, 0.05) is 41.4 Å². The second-order valence-corrected chi connectivity index (χ2v) is 6.81. The molecule has 0 spiro atoms. The number of amides is 1. The zero-order chi connectivity index (χ0) is 18.7. The van der Waals surface area contributed by atoms with Crippen LogP contribution in [0.15, 0.2) is 60.7 Å². The molecular weight excluding hydrogens is 366 g/mol. The van der Waals surface area contributed by atoms with Crippen LogP contribution in [0.1, 0.15) is 10.4 Å². The van der Waals surface area contributed by atoms with Crippen LogP contribution < -0.4 is 15.5 Å². The zero-order valence-corrected chi connectivity index (χ0v) is 16.0. The van der Waals surface area contributed by atoms with Gasteiger partial charge in [0.25, 0.3) is 5.91 Å². The molecule has 0 unspecified atom stereocenters. The SMILES string of the molecule is CN(C)c1ccc(NC(=S)NC(=O)c2cccc3c(Cl)cccc23)cc1. The standard InChI is InChI=1S/C20H18ClN3OS/c1-24(2)14-11-9-13(10-12-14)22-20(26)23-19(25)17-7-3-6-16-15(17)5-4-8-18(16)21/h3-12H,1-2H3,(H2,22,23,25,26). The number of anilines is 2. The van der Waals surface area contributed by atoms with Gasteiger partial charge in [-0.25, -0.2) is 0 Å².